The number of rotatable bonds is 2. The van der Waals surface area contributed by atoms with Crippen LogP contribution in [-0.4, -0.2) is 23.2 Å². The highest BCUT2D eigenvalue weighted by atomic mass is 32.2. The normalized spacial score (nSPS) is 18.2. The molecule has 0 radical (unpaired) electrons. The van der Waals surface area contributed by atoms with E-state index in [1.165, 1.54) is 23.1 Å². The van der Waals surface area contributed by atoms with Gasteiger partial charge in [0.1, 0.15) is 11.6 Å². The van der Waals surface area contributed by atoms with E-state index in [0.717, 1.165) is 20.5 Å². The van der Waals surface area contributed by atoms with Gasteiger partial charge in [0, 0.05) is 23.2 Å². The van der Waals surface area contributed by atoms with Gasteiger partial charge in [-0.3, -0.25) is 4.79 Å². The highest BCUT2D eigenvalue weighted by Crippen LogP contribution is 2.38. The lowest BCUT2D eigenvalue weighted by Crippen LogP contribution is -2.27. The van der Waals surface area contributed by atoms with E-state index < -0.39 is 6.04 Å². The average Bonchev–Trinajstić information content (AvgIpc) is 2.95. The summed E-state index contributed by atoms with van der Waals surface area (Å²) in [5, 5.41) is 7.77. The van der Waals surface area contributed by atoms with Gasteiger partial charge in [0.2, 0.25) is 5.91 Å². The van der Waals surface area contributed by atoms with Crippen molar-refractivity contribution in [2.45, 2.75) is 15.3 Å². The summed E-state index contributed by atoms with van der Waals surface area (Å²) in [5.74, 6) is -0.0666. The van der Waals surface area contributed by atoms with Crippen molar-refractivity contribution in [3.05, 3.63) is 29.3 Å². The molecule has 1 unspecified atom stereocenters. The molecule has 0 aliphatic carbocycles. The quantitative estimate of drug-likeness (QED) is 0.904. The molecule has 0 saturated heterocycles. The summed E-state index contributed by atoms with van der Waals surface area (Å²) in [6.45, 7) is 0. The van der Waals surface area contributed by atoms with Gasteiger partial charge in [0.05, 0.1) is 0 Å². The summed E-state index contributed by atoms with van der Waals surface area (Å²) in [6, 6.07) is 5.29. The number of fused-ring (bicyclic) bond motifs is 1. The number of hydrogen-bond acceptors (Lipinski definition) is 6. The zero-order chi connectivity index (χ0) is 12.7. The average molecular weight is 278 g/mol. The summed E-state index contributed by atoms with van der Waals surface area (Å²) in [4.78, 5) is 14.4. The van der Waals surface area contributed by atoms with Crippen LogP contribution >= 0.6 is 23.1 Å². The third-order valence-electron chi connectivity index (χ3n) is 2.84. The third-order valence-corrected chi connectivity index (χ3v) is 4.61. The molecule has 2 heterocycles. The number of amides is 1. The van der Waals surface area contributed by atoms with Gasteiger partial charge in [-0.05, 0) is 12.1 Å². The highest BCUT2D eigenvalue weighted by molar-refractivity contribution is 8.01. The first-order chi connectivity index (χ1) is 8.66. The molecule has 0 spiro atoms. The summed E-state index contributed by atoms with van der Waals surface area (Å²) >= 11 is 3.02. The fraction of sp³-hybridized carbons (Fsp3) is 0.182. The van der Waals surface area contributed by atoms with E-state index in [-0.39, 0.29) is 5.91 Å². The van der Waals surface area contributed by atoms with Crippen LogP contribution < -0.4 is 10.6 Å². The van der Waals surface area contributed by atoms with E-state index in [1.807, 2.05) is 18.2 Å². The van der Waals surface area contributed by atoms with Crippen molar-refractivity contribution in [1.29, 1.82) is 0 Å². The minimum Gasteiger partial charge on any atom is -0.316 e. The van der Waals surface area contributed by atoms with Crippen molar-refractivity contribution in [2.75, 3.05) is 11.9 Å². The fourth-order valence-electron chi connectivity index (χ4n) is 1.91. The molecular weight excluding hydrogens is 268 g/mol. The Morgan fingerprint density at radius 1 is 1.50 bits per heavy atom. The predicted octanol–water partition coefficient (Wildman–Crippen LogP) is 1.67. The van der Waals surface area contributed by atoms with Crippen LogP contribution in [0.25, 0.3) is 0 Å². The molecule has 1 atom stereocenters. The van der Waals surface area contributed by atoms with Crippen LogP contribution in [0, 0.1) is 0 Å². The van der Waals surface area contributed by atoms with Crippen LogP contribution in [0.5, 0.6) is 0 Å². The Hall–Kier alpha value is -1.44. The van der Waals surface area contributed by atoms with Crippen molar-refractivity contribution in [3.63, 3.8) is 0 Å². The zero-order valence-electron chi connectivity index (χ0n) is 9.53. The number of carbonyl (C=O) groups is 1. The van der Waals surface area contributed by atoms with Crippen molar-refractivity contribution in [3.8, 4) is 0 Å². The minimum absolute atomic E-state index is 0.0666. The highest BCUT2D eigenvalue weighted by Gasteiger charge is 2.32. The smallest absolute Gasteiger partial charge is 0.248 e. The number of carbonyl (C=O) groups excluding carboxylic acids is 1. The second-order valence-electron chi connectivity index (χ2n) is 3.90. The lowest BCUT2D eigenvalue weighted by molar-refractivity contribution is -0.118. The van der Waals surface area contributed by atoms with Gasteiger partial charge in [0.25, 0.3) is 0 Å². The number of benzene rings is 1. The molecule has 1 aromatic carbocycles. The van der Waals surface area contributed by atoms with Crippen LogP contribution in [-0.2, 0) is 4.79 Å². The number of aromatic nitrogens is 2. The van der Waals surface area contributed by atoms with Crippen LogP contribution in [0.4, 0.5) is 5.69 Å². The lowest BCUT2D eigenvalue weighted by atomic mass is 10.1. The molecule has 5 nitrogen and oxygen atoms in total. The molecule has 3 rings (SSSR count). The molecule has 0 saturated carbocycles. The largest absolute Gasteiger partial charge is 0.316 e. The standard InChI is InChI=1S/C11H10N4OS2/c1-15-8-4-6(18-11-14-13-5-17-11)2-3-7(8)9(12)10(15)16/h2-5,9H,12H2,1H3. The second kappa shape index (κ2) is 4.34. The molecule has 7 heteroatoms. The van der Waals surface area contributed by atoms with Gasteiger partial charge >= 0.3 is 0 Å². The van der Waals surface area contributed by atoms with Gasteiger partial charge in [-0.15, -0.1) is 10.2 Å². The number of hydrogen-bond donors (Lipinski definition) is 1. The molecule has 1 aliphatic heterocycles. The van der Waals surface area contributed by atoms with Gasteiger partial charge in [-0.25, -0.2) is 0 Å². The van der Waals surface area contributed by atoms with Crippen molar-refractivity contribution < 1.29 is 4.79 Å². The van der Waals surface area contributed by atoms with E-state index in [2.05, 4.69) is 10.2 Å². The van der Waals surface area contributed by atoms with E-state index in [9.17, 15) is 4.79 Å². The Kier molecular flexibility index (Phi) is 2.81. The Balaban J connectivity index is 1.95. The summed E-state index contributed by atoms with van der Waals surface area (Å²) in [5.41, 5.74) is 9.30. The molecule has 0 bridgehead atoms. The minimum atomic E-state index is -0.537. The first-order valence-electron chi connectivity index (χ1n) is 5.28. The summed E-state index contributed by atoms with van der Waals surface area (Å²) < 4.78 is 0.881. The number of nitrogens with zero attached hydrogens (tertiary/aromatic N) is 3. The first-order valence-corrected chi connectivity index (χ1v) is 6.97. The van der Waals surface area contributed by atoms with Crippen LogP contribution in [0.1, 0.15) is 11.6 Å². The van der Waals surface area contributed by atoms with E-state index in [4.69, 9.17) is 5.73 Å². The van der Waals surface area contributed by atoms with E-state index in [1.54, 1.807) is 17.5 Å². The van der Waals surface area contributed by atoms with Crippen molar-refractivity contribution in [1.82, 2.24) is 10.2 Å². The topological polar surface area (TPSA) is 72.1 Å². The summed E-state index contributed by atoms with van der Waals surface area (Å²) in [7, 11) is 1.74. The van der Waals surface area contributed by atoms with E-state index >= 15 is 0 Å². The van der Waals surface area contributed by atoms with Crippen molar-refractivity contribution in [2.24, 2.45) is 5.73 Å². The predicted molar refractivity (Wildman–Crippen MR) is 70.8 cm³/mol. The number of anilines is 1. The number of likely N-dealkylation sites (N-methyl/N-ethyl adjacent to an activating group) is 1. The van der Waals surface area contributed by atoms with Crippen LogP contribution in [0.2, 0.25) is 0 Å². The molecule has 1 aromatic heterocycles. The Morgan fingerprint density at radius 3 is 3.06 bits per heavy atom. The second-order valence-corrected chi connectivity index (χ2v) is 6.06. The van der Waals surface area contributed by atoms with Crippen molar-refractivity contribution >= 4 is 34.7 Å². The van der Waals surface area contributed by atoms with Crippen LogP contribution in [0.3, 0.4) is 0 Å². The molecule has 0 fully saturated rings. The monoisotopic (exact) mass is 278 g/mol. The van der Waals surface area contributed by atoms with Gasteiger partial charge in [-0.1, -0.05) is 29.2 Å². The lowest BCUT2D eigenvalue weighted by Gasteiger charge is -2.10. The molecule has 2 N–H and O–H groups in total. The molecular formula is C11H10N4OS2. The number of nitrogens with two attached hydrogens (primary N) is 1. The van der Waals surface area contributed by atoms with Gasteiger partial charge < -0.3 is 10.6 Å². The Morgan fingerprint density at radius 2 is 2.33 bits per heavy atom. The maximum Gasteiger partial charge on any atom is 0.248 e. The summed E-state index contributed by atoms with van der Waals surface area (Å²) in [6.07, 6.45) is 0. The van der Waals surface area contributed by atoms with Gasteiger partial charge in [-0.2, -0.15) is 0 Å². The Bertz CT molecular complexity index is 599. The zero-order valence-corrected chi connectivity index (χ0v) is 11.2. The first kappa shape index (κ1) is 11.6. The van der Waals surface area contributed by atoms with Gasteiger partial charge in [0.15, 0.2) is 4.34 Å². The molecule has 92 valence electrons. The maximum atomic E-state index is 11.8. The maximum absolute atomic E-state index is 11.8. The third kappa shape index (κ3) is 1.80. The molecule has 18 heavy (non-hydrogen) atoms. The molecule has 1 amide bonds. The fourth-order valence-corrected chi connectivity index (χ4v) is 3.39. The Labute approximate surface area is 112 Å². The van der Waals surface area contributed by atoms with E-state index in [0.29, 0.717) is 0 Å². The molecule has 2 aromatic rings. The van der Waals surface area contributed by atoms with Crippen LogP contribution in [0.15, 0.2) is 32.9 Å². The SMILES string of the molecule is CN1C(=O)C(N)c2ccc(Sc3nncs3)cc21. The molecule has 1 aliphatic rings.